The fourth-order valence-corrected chi connectivity index (χ4v) is 5.01. The van der Waals surface area contributed by atoms with Crippen molar-refractivity contribution in [3.05, 3.63) is 49.1 Å². The molecule has 1 aromatic carbocycles. The van der Waals surface area contributed by atoms with Gasteiger partial charge in [-0.25, -0.2) is 9.97 Å². The molecule has 4 aromatic rings. The molecular weight excluding hydrogens is 424 g/mol. The number of aromatic nitrogens is 5. The zero-order valence-electron chi connectivity index (χ0n) is 17.9. The molecular formula is C23H24N6O4. The quantitative estimate of drug-likeness (QED) is 0.362. The number of nitrogens with zero attached hydrogens (tertiary/aromatic N) is 5. The van der Waals surface area contributed by atoms with E-state index in [1.165, 1.54) is 0 Å². The summed E-state index contributed by atoms with van der Waals surface area (Å²) >= 11 is 0. The van der Waals surface area contributed by atoms with Gasteiger partial charge in [0.25, 0.3) is 6.47 Å². The lowest BCUT2D eigenvalue weighted by Gasteiger charge is -2.38. The molecule has 0 amide bonds. The summed E-state index contributed by atoms with van der Waals surface area (Å²) < 4.78 is 7.94. The summed E-state index contributed by atoms with van der Waals surface area (Å²) in [4.78, 5) is 32.3. The molecule has 1 atom stereocenters. The van der Waals surface area contributed by atoms with Crippen LogP contribution in [0.2, 0.25) is 0 Å². The fourth-order valence-electron chi connectivity index (χ4n) is 5.01. The highest BCUT2D eigenvalue weighted by Gasteiger charge is 2.50. The Morgan fingerprint density at radius 1 is 1.21 bits per heavy atom. The number of carboxylic acid groups (broad SMARTS) is 1. The minimum Gasteiger partial charge on any atom is -0.483 e. The van der Waals surface area contributed by atoms with Crippen LogP contribution in [0.4, 0.5) is 5.69 Å². The second-order valence-electron chi connectivity index (χ2n) is 8.45. The smallest absolute Gasteiger partial charge is 0.312 e. The third kappa shape index (κ3) is 3.77. The summed E-state index contributed by atoms with van der Waals surface area (Å²) in [6, 6.07) is 10.1. The normalized spacial score (nSPS) is 19.5. The van der Waals surface area contributed by atoms with Crippen LogP contribution < -0.4 is 4.90 Å². The van der Waals surface area contributed by atoms with Crippen LogP contribution >= 0.6 is 0 Å². The van der Waals surface area contributed by atoms with Crippen molar-refractivity contribution in [3.63, 3.8) is 0 Å². The molecule has 10 nitrogen and oxygen atoms in total. The first-order valence-corrected chi connectivity index (χ1v) is 10.9. The number of fused-ring (bicyclic) bond motifs is 2. The fraction of sp³-hybridized carbons (Fsp3) is 0.348. The third-order valence-electron chi connectivity index (χ3n) is 6.65. The molecule has 2 aliphatic heterocycles. The van der Waals surface area contributed by atoms with Crippen LogP contribution in [0.5, 0.6) is 0 Å². The molecule has 5 heterocycles. The number of ether oxygens (including phenoxy) is 1. The Labute approximate surface area is 189 Å². The lowest BCUT2D eigenvalue weighted by Crippen LogP contribution is -2.42. The molecule has 33 heavy (non-hydrogen) atoms. The van der Waals surface area contributed by atoms with Crippen molar-refractivity contribution in [2.75, 3.05) is 18.0 Å². The van der Waals surface area contributed by atoms with E-state index >= 15 is 0 Å². The first-order valence-electron chi connectivity index (χ1n) is 10.9. The Hall–Kier alpha value is -3.95. The van der Waals surface area contributed by atoms with Gasteiger partial charge in [0.15, 0.2) is 5.65 Å². The number of imidazole rings is 1. The summed E-state index contributed by atoms with van der Waals surface area (Å²) in [5.41, 5.74) is 3.58. The monoisotopic (exact) mass is 448 g/mol. The van der Waals surface area contributed by atoms with Crippen LogP contribution in [-0.2, 0) is 20.9 Å². The second-order valence-corrected chi connectivity index (χ2v) is 8.45. The van der Waals surface area contributed by atoms with Gasteiger partial charge in [-0.15, -0.1) is 0 Å². The highest BCUT2D eigenvalue weighted by molar-refractivity contribution is 5.89. The Balaban J connectivity index is 0.000000724. The van der Waals surface area contributed by atoms with E-state index in [0.29, 0.717) is 6.54 Å². The van der Waals surface area contributed by atoms with Gasteiger partial charge in [-0.2, -0.15) is 5.10 Å². The van der Waals surface area contributed by atoms with Crippen molar-refractivity contribution in [1.82, 2.24) is 24.7 Å². The van der Waals surface area contributed by atoms with Gasteiger partial charge in [-0.05, 0) is 31.0 Å². The van der Waals surface area contributed by atoms with Gasteiger partial charge >= 0.3 is 5.97 Å². The summed E-state index contributed by atoms with van der Waals surface area (Å²) in [5.74, 6) is -0.0419. The number of hydrogen-bond donors (Lipinski definition) is 2. The number of benzene rings is 1. The average molecular weight is 448 g/mol. The molecule has 0 radical (unpaired) electrons. The number of rotatable bonds is 3. The molecule has 10 heteroatoms. The van der Waals surface area contributed by atoms with Gasteiger partial charge in [-0.3, -0.25) is 14.7 Å². The van der Waals surface area contributed by atoms with Crippen LogP contribution in [0.1, 0.15) is 19.3 Å². The third-order valence-corrected chi connectivity index (χ3v) is 6.65. The molecule has 1 spiro atoms. The van der Waals surface area contributed by atoms with Crippen molar-refractivity contribution >= 4 is 40.2 Å². The second kappa shape index (κ2) is 8.53. The van der Waals surface area contributed by atoms with Crippen LogP contribution in [0.15, 0.2) is 49.1 Å². The summed E-state index contributed by atoms with van der Waals surface area (Å²) in [5, 5.41) is 14.9. The number of nitrogens with one attached hydrogen (secondary N) is 1. The van der Waals surface area contributed by atoms with Gasteiger partial charge in [0.05, 0.1) is 46.6 Å². The zero-order valence-corrected chi connectivity index (χ0v) is 17.9. The number of para-hydroxylation sites is 2. The molecule has 3 aromatic heterocycles. The maximum Gasteiger partial charge on any atom is 0.312 e. The number of cyclic esters (lactones) is 1. The molecule has 0 bridgehead atoms. The molecule has 1 unspecified atom stereocenters. The first kappa shape index (κ1) is 20.9. The zero-order chi connectivity index (χ0) is 22.8. The maximum absolute atomic E-state index is 12.9. The van der Waals surface area contributed by atoms with Crippen molar-refractivity contribution in [2.45, 2.75) is 31.9 Å². The number of esters is 1. The molecule has 170 valence electrons. The van der Waals surface area contributed by atoms with Gasteiger partial charge in [0.1, 0.15) is 6.10 Å². The number of carbonyl (C=O) groups excluding carboxylic acids is 1. The molecule has 2 fully saturated rings. The topological polar surface area (TPSA) is 126 Å². The predicted octanol–water partition coefficient (Wildman–Crippen LogP) is 2.61. The average Bonchev–Trinajstić information content (AvgIpc) is 3.54. The number of pyridine rings is 1. The number of aromatic amines is 1. The van der Waals surface area contributed by atoms with Gasteiger partial charge in [0.2, 0.25) is 0 Å². The van der Waals surface area contributed by atoms with E-state index in [-0.39, 0.29) is 24.0 Å². The minimum absolute atomic E-state index is 0.0419. The van der Waals surface area contributed by atoms with Gasteiger partial charge < -0.3 is 19.3 Å². The maximum atomic E-state index is 12.9. The molecule has 2 N–H and O–H groups in total. The number of carbonyl (C=O) groups is 2. The Morgan fingerprint density at radius 2 is 2.00 bits per heavy atom. The van der Waals surface area contributed by atoms with E-state index in [1.807, 2.05) is 36.8 Å². The summed E-state index contributed by atoms with van der Waals surface area (Å²) in [6.07, 6.45) is 7.72. The first-order chi connectivity index (χ1) is 16.1. The lowest BCUT2D eigenvalue weighted by atomic mass is 9.76. The molecule has 2 saturated heterocycles. The van der Waals surface area contributed by atoms with Crippen molar-refractivity contribution in [3.8, 4) is 0 Å². The molecule has 2 aliphatic rings. The van der Waals surface area contributed by atoms with Crippen LogP contribution in [0, 0.1) is 5.41 Å². The van der Waals surface area contributed by atoms with E-state index in [0.717, 1.165) is 60.1 Å². The van der Waals surface area contributed by atoms with E-state index in [9.17, 15) is 4.79 Å². The van der Waals surface area contributed by atoms with E-state index in [1.54, 1.807) is 6.20 Å². The number of anilines is 1. The van der Waals surface area contributed by atoms with E-state index < -0.39 is 0 Å². The summed E-state index contributed by atoms with van der Waals surface area (Å²) in [7, 11) is 0. The highest BCUT2D eigenvalue weighted by atomic mass is 16.6. The largest absolute Gasteiger partial charge is 0.483 e. The van der Waals surface area contributed by atoms with E-state index in [4.69, 9.17) is 14.6 Å². The molecule has 0 saturated carbocycles. The summed E-state index contributed by atoms with van der Waals surface area (Å²) in [6.45, 7) is 2.04. The Bertz CT molecular complexity index is 1290. The van der Waals surface area contributed by atoms with Crippen molar-refractivity contribution in [1.29, 1.82) is 0 Å². The van der Waals surface area contributed by atoms with Gasteiger partial charge in [-0.1, -0.05) is 12.1 Å². The molecule has 6 rings (SSSR count). The number of H-pyrrole nitrogens is 1. The predicted molar refractivity (Wildman–Crippen MR) is 121 cm³/mol. The minimum atomic E-state index is -0.375. The van der Waals surface area contributed by atoms with Crippen LogP contribution in [0.25, 0.3) is 22.1 Å². The van der Waals surface area contributed by atoms with Crippen molar-refractivity contribution < 1.29 is 19.4 Å². The van der Waals surface area contributed by atoms with Crippen LogP contribution in [0.3, 0.4) is 0 Å². The van der Waals surface area contributed by atoms with Gasteiger partial charge in [0, 0.05) is 25.7 Å². The highest BCUT2D eigenvalue weighted by Crippen LogP contribution is 2.44. The van der Waals surface area contributed by atoms with Crippen molar-refractivity contribution in [2.24, 2.45) is 5.41 Å². The Kier molecular flexibility index (Phi) is 5.41. The molecule has 0 aliphatic carbocycles. The van der Waals surface area contributed by atoms with Crippen LogP contribution in [-0.4, -0.2) is 61.5 Å². The SMILES string of the molecule is O=C1OC(Cn2cnc3ccccc32)CC12CCN(c1ccnc3[nH]ncc13)CC2.O=CO. The lowest BCUT2D eigenvalue weighted by molar-refractivity contribution is -0.150. The van der Waals surface area contributed by atoms with E-state index in [2.05, 4.69) is 35.7 Å². The number of piperidine rings is 1. The standard InChI is InChI=1S/C22H22N6O2.CH2O2/c29-21-22(11-15(30-21)13-28-14-24-17-3-1-2-4-19(17)28)6-9-27(10-7-22)18-5-8-23-20-16(18)12-25-26-20;2-1-3/h1-5,8,12,14-15H,6-7,9-11,13H2,(H,23,25,26);1H,(H,2,3). The Morgan fingerprint density at radius 3 is 2.82 bits per heavy atom. The number of hydrogen-bond acceptors (Lipinski definition) is 7.